The van der Waals surface area contributed by atoms with Crippen molar-refractivity contribution in [2.24, 2.45) is 0 Å². The first-order valence-electron chi connectivity index (χ1n) is 3.57. The molecule has 0 amide bonds. The van der Waals surface area contributed by atoms with Crippen molar-refractivity contribution < 1.29 is 15.0 Å². The molecule has 1 aromatic carbocycles. The van der Waals surface area contributed by atoms with E-state index in [0.29, 0.717) is 6.07 Å². The molecule has 0 spiro atoms. The minimum Gasteiger partial charge on any atom is -0.862 e. The Balaban J connectivity index is 3.73. The highest BCUT2D eigenvalue weighted by atomic mass is 35.5. The molecular formula is C6HClN4O5. The van der Waals surface area contributed by atoms with E-state index in [0.717, 1.165) is 0 Å². The third-order valence-electron chi connectivity index (χ3n) is 1.64. The average Bonchev–Trinajstić information content (AvgIpc) is 2.16. The zero-order chi connectivity index (χ0) is 12.5. The fourth-order valence-electron chi connectivity index (χ4n) is 0.971. The molecule has 0 aliphatic carbocycles. The number of diazo groups is 1. The number of nitro benzene ring substituents is 2. The molecule has 0 aliphatic heterocycles. The van der Waals surface area contributed by atoms with Gasteiger partial charge >= 0.3 is 11.4 Å². The van der Waals surface area contributed by atoms with E-state index in [1.807, 2.05) is 0 Å². The van der Waals surface area contributed by atoms with E-state index in [2.05, 4.69) is 4.98 Å². The summed E-state index contributed by atoms with van der Waals surface area (Å²) in [5.74, 6) is -1.29. The smallest absolute Gasteiger partial charge is 0.391 e. The molecule has 0 N–H and O–H groups in total. The minimum atomic E-state index is -1.29. The van der Waals surface area contributed by atoms with Crippen molar-refractivity contribution in [3.05, 3.63) is 36.3 Å². The maximum absolute atomic E-state index is 11.2. The second kappa shape index (κ2) is 3.95. The quantitative estimate of drug-likeness (QED) is 0.441. The molecular weight excluding hydrogens is 244 g/mol. The van der Waals surface area contributed by atoms with Crippen LogP contribution in [0.15, 0.2) is 6.07 Å². The fourth-order valence-corrected chi connectivity index (χ4v) is 1.25. The number of nitrogens with zero attached hydrogens (tertiary/aromatic N) is 4. The van der Waals surface area contributed by atoms with Crippen LogP contribution < -0.4 is 5.11 Å². The Morgan fingerprint density at radius 2 is 1.88 bits per heavy atom. The van der Waals surface area contributed by atoms with Gasteiger partial charge in [0.2, 0.25) is 5.39 Å². The first-order valence-corrected chi connectivity index (χ1v) is 3.95. The lowest BCUT2D eigenvalue weighted by Crippen LogP contribution is -2.01. The summed E-state index contributed by atoms with van der Waals surface area (Å²) in [7, 11) is 0. The summed E-state index contributed by atoms with van der Waals surface area (Å²) in [5, 5.41) is 39.6. The van der Waals surface area contributed by atoms with E-state index in [9.17, 15) is 25.3 Å². The van der Waals surface area contributed by atoms with E-state index in [-0.39, 0.29) is 0 Å². The molecule has 16 heavy (non-hydrogen) atoms. The lowest BCUT2D eigenvalue weighted by molar-refractivity contribution is -0.402. The number of hydrogen-bond acceptors (Lipinski definition) is 6. The lowest BCUT2D eigenvalue weighted by Gasteiger charge is -2.04. The molecule has 9 nitrogen and oxygen atoms in total. The van der Waals surface area contributed by atoms with Crippen molar-refractivity contribution in [3.8, 4) is 5.75 Å². The Kier molecular flexibility index (Phi) is 2.87. The summed E-state index contributed by atoms with van der Waals surface area (Å²) in [6.07, 6.45) is 0. The van der Waals surface area contributed by atoms with Crippen LogP contribution in [0.4, 0.5) is 17.1 Å². The van der Waals surface area contributed by atoms with Gasteiger partial charge in [0.25, 0.3) is 5.69 Å². The van der Waals surface area contributed by atoms with Crippen LogP contribution in [0.2, 0.25) is 5.02 Å². The summed E-state index contributed by atoms with van der Waals surface area (Å²) in [6, 6.07) is 0.553. The topological polar surface area (TPSA) is 137 Å². The highest BCUT2D eigenvalue weighted by molar-refractivity contribution is 6.35. The van der Waals surface area contributed by atoms with Crippen LogP contribution in [0.25, 0.3) is 4.98 Å². The molecule has 0 saturated heterocycles. The van der Waals surface area contributed by atoms with Crippen molar-refractivity contribution in [1.29, 1.82) is 5.39 Å². The van der Waals surface area contributed by atoms with Crippen molar-refractivity contribution in [1.82, 2.24) is 0 Å². The maximum atomic E-state index is 11.2. The van der Waals surface area contributed by atoms with Crippen molar-refractivity contribution in [2.45, 2.75) is 0 Å². The van der Waals surface area contributed by atoms with Crippen LogP contribution in [0.5, 0.6) is 5.75 Å². The van der Waals surface area contributed by atoms with Crippen LogP contribution in [0.1, 0.15) is 0 Å². The summed E-state index contributed by atoms with van der Waals surface area (Å²) in [5.41, 5.74) is -2.88. The molecule has 0 radical (unpaired) electrons. The minimum absolute atomic E-state index is 0.553. The van der Waals surface area contributed by atoms with Gasteiger partial charge in [-0.1, -0.05) is 11.6 Å². The molecule has 0 aliphatic rings. The van der Waals surface area contributed by atoms with Crippen LogP contribution in [-0.4, -0.2) is 9.85 Å². The van der Waals surface area contributed by atoms with E-state index >= 15 is 0 Å². The Bertz CT molecular complexity index is 537. The molecule has 10 heteroatoms. The Morgan fingerprint density at radius 3 is 2.25 bits per heavy atom. The summed E-state index contributed by atoms with van der Waals surface area (Å²) in [6.45, 7) is 0. The largest absolute Gasteiger partial charge is 0.862 e. The summed E-state index contributed by atoms with van der Waals surface area (Å²) in [4.78, 5) is 21.1. The zero-order valence-electron chi connectivity index (χ0n) is 7.29. The molecule has 0 atom stereocenters. The van der Waals surface area contributed by atoms with Gasteiger partial charge in [0, 0.05) is 0 Å². The van der Waals surface area contributed by atoms with Gasteiger partial charge in [-0.15, -0.1) is 0 Å². The monoisotopic (exact) mass is 244 g/mol. The predicted molar refractivity (Wildman–Crippen MR) is 49.0 cm³/mol. The molecule has 0 saturated carbocycles. The van der Waals surface area contributed by atoms with E-state index in [4.69, 9.17) is 17.0 Å². The van der Waals surface area contributed by atoms with Crippen LogP contribution in [-0.2, 0) is 0 Å². The zero-order valence-corrected chi connectivity index (χ0v) is 8.04. The number of hydrogen-bond donors (Lipinski definition) is 0. The highest BCUT2D eigenvalue weighted by Gasteiger charge is 2.31. The number of benzene rings is 1. The maximum Gasteiger partial charge on any atom is 0.391 e. The average molecular weight is 245 g/mol. The SMILES string of the molecule is N#[N+]c1cc([N+](=O)[O-])c(Cl)c([N+](=O)[O-])c1[O-]. The van der Waals surface area contributed by atoms with Gasteiger partial charge in [0.05, 0.1) is 15.6 Å². The Morgan fingerprint density at radius 1 is 1.31 bits per heavy atom. The van der Waals surface area contributed by atoms with Crippen molar-refractivity contribution in [2.75, 3.05) is 0 Å². The predicted octanol–water partition coefficient (Wildman–Crippen LogP) is 1.71. The second-order valence-electron chi connectivity index (χ2n) is 2.52. The number of rotatable bonds is 2. The normalized spacial score (nSPS) is 9.50. The van der Waals surface area contributed by atoms with Gasteiger partial charge < -0.3 is 5.11 Å². The Labute approximate surface area is 91.8 Å². The van der Waals surface area contributed by atoms with Gasteiger partial charge in [-0.2, -0.15) is 0 Å². The number of halogens is 1. The van der Waals surface area contributed by atoms with Crippen LogP contribution >= 0.6 is 11.6 Å². The molecule has 1 rings (SSSR count). The van der Waals surface area contributed by atoms with Crippen LogP contribution in [0, 0.1) is 25.6 Å². The second-order valence-corrected chi connectivity index (χ2v) is 2.90. The van der Waals surface area contributed by atoms with Gasteiger partial charge in [-0.25, -0.2) is 0 Å². The molecule has 1 aromatic rings. The van der Waals surface area contributed by atoms with Gasteiger partial charge in [0.1, 0.15) is 6.07 Å². The number of nitro groups is 2. The fraction of sp³-hybridized carbons (Fsp3) is 0. The van der Waals surface area contributed by atoms with Gasteiger partial charge in [0.15, 0.2) is 10.00 Å². The van der Waals surface area contributed by atoms with Crippen LogP contribution in [0.3, 0.4) is 0 Å². The van der Waals surface area contributed by atoms with E-state index in [1.54, 1.807) is 0 Å². The third kappa shape index (κ3) is 1.69. The third-order valence-corrected chi connectivity index (χ3v) is 2.01. The summed E-state index contributed by atoms with van der Waals surface area (Å²) >= 11 is 5.33. The highest BCUT2D eigenvalue weighted by Crippen LogP contribution is 2.44. The lowest BCUT2D eigenvalue weighted by atomic mass is 10.2. The standard InChI is InChI=1S/C6HClN4O5/c7-4-3(10(13)14)1-2(9-8)6(12)5(4)11(15)16/h1H. The Hall–Kier alpha value is -2.47. The molecule has 0 unspecified atom stereocenters. The molecule has 0 aromatic heterocycles. The molecule has 0 heterocycles. The van der Waals surface area contributed by atoms with Gasteiger partial charge in [-0.3, -0.25) is 20.2 Å². The van der Waals surface area contributed by atoms with Crippen molar-refractivity contribution in [3.63, 3.8) is 0 Å². The van der Waals surface area contributed by atoms with Gasteiger partial charge in [-0.05, 0) is 0 Å². The van der Waals surface area contributed by atoms with E-state index < -0.39 is 37.7 Å². The first kappa shape index (κ1) is 11.6. The first-order chi connectivity index (χ1) is 7.40. The molecule has 0 bridgehead atoms. The van der Waals surface area contributed by atoms with E-state index in [1.165, 1.54) is 0 Å². The summed E-state index contributed by atoms with van der Waals surface area (Å²) < 4.78 is 0. The molecule has 0 fully saturated rings. The van der Waals surface area contributed by atoms with Crippen molar-refractivity contribution >= 4 is 28.7 Å². The molecule has 82 valence electrons.